The Bertz CT molecular complexity index is 3200. The smallest absolute Gasteiger partial charge is 0.259 e. The van der Waals surface area contributed by atoms with E-state index in [1.54, 1.807) is 97.1 Å². The van der Waals surface area contributed by atoms with Crippen LogP contribution in [0.15, 0.2) is 179 Å². The monoisotopic (exact) mass is 857 g/mol. The fourth-order valence-corrected chi connectivity index (χ4v) is 6.97. The van der Waals surface area contributed by atoms with Gasteiger partial charge in [0, 0.05) is 38.4 Å². The number of benzene rings is 8. The zero-order valence-corrected chi connectivity index (χ0v) is 34.6. The number of nitrogen functional groups attached to an aromatic ring is 1. The van der Waals surface area contributed by atoms with E-state index < -0.39 is 5.91 Å². The molecule has 11 nitrogen and oxygen atoms in total. The zero-order chi connectivity index (χ0) is 43.8. The summed E-state index contributed by atoms with van der Waals surface area (Å²) in [5.41, 5.74) is 10.2. The summed E-state index contributed by atoms with van der Waals surface area (Å²) < 4.78 is 0. The van der Waals surface area contributed by atoms with Gasteiger partial charge in [-0.25, -0.2) is 0 Å². The van der Waals surface area contributed by atoms with Gasteiger partial charge in [-0.3, -0.25) is 9.59 Å². The van der Waals surface area contributed by atoms with Gasteiger partial charge >= 0.3 is 0 Å². The summed E-state index contributed by atoms with van der Waals surface area (Å²) in [7, 11) is 0. The summed E-state index contributed by atoms with van der Waals surface area (Å²) in [5, 5.41) is 47.1. The number of para-hydroxylation sites is 1. The third-order valence-corrected chi connectivity index (χ3v) is 10.2. The molecule has 8 aromatic carbocycles. The summed E-state index contributed by atoms with van der Waals surface area (Å²) in [6, 6.07) is 43.2. The number of carbonyl (C=O) groups excluding carboxylic acids is 2. The van der Waals surface area contributed by atoms with Crippen LogP contribution in [0.25, 0.3) is 43.4 Å². The van der Waals surface area contributed by atoms with Gasteiger partial charge in [-0.2, -0.15) is 0 Å². The predicted octanol–water partition coefficient (Wildman–Crippen LogP) is 14.7. The molecule has 1 amide bonds. The van der Waals surface area contributed by atoms with Crippen LogP contribution in [0.5, 0.6) is 11.5 Å². The van der Waals surface area contributed by atoms with Gasteiger partial charge in [0.2, 0.25) is 0 Å². The second-order valence-corrected chi connectivity index (χ2v) is 14.5. The number of carbonyl (C=O) groups is 2. The van der Waals surface area contributed by atoms with E-state index in [4.69, 9.17) is 28.9 Å². The lowest BCUT2D eigenvalue weighted by molar-refractivity contribution is 0.102. The number of anilines is 2. The number of aromatic nitrogens is 1. The lowest BCUT2D eigenvalue weighted by Gasteiger charge is -2.11. The van der Waals surface area contributed by atoms with Crippen molar-refractivity contribution in [1.29, 1.82) is 0 Å². The maximum absolute atomic E-state index is 12.8. The molecular formula is C49H37Cl2N7O4. The first-order valence-electron chi connectivity index (χ1n) is 19.1. The molecule has 6 N–H and O–H groups in total. The molecule has 0 saturated carbocycles. The van der Waals surface area contributed by atoms with Gasteiger partial charge in [-0.05, 0) is 84.4 Å². The third-order valence-electron chi connectivity index (χ3n) is 9.52. The number of hydrogen-bond donors (Lipinski definition) is 5. The topological polar surface area (TPSA) is 178 Å². The average Bonchev–Trinajstić information content (AvgIpc) is 3.67. The van der Waals surface area contributed by atoms with E-state index in [-0.39, 0.29) is 34.0 Å². The minimum Gasteiger partial charge on any atom is -0.505 e. The molecule has 0 atom stereocenters. The van der Waals surface area contributed by atoms with E-state index in [0.29, 0.717) is 49.9 Å². The van der Waals surface area contributed by atoms with Gasteiger partial charge < -0.3 is 26.2 Å². The fraction of sp³-hybridized carbons (Fsp3) is 0.0204. The highest BCUT2D eigenvalue weighted by Gasteiger charge is 2.20. The number of aldehydes is 1. The Balaban J connectivity index is 0.000000176. The van der Waals surface area contributed by atoms with Crippen molar-refractivity contribution in [2.75, 3.05) is 11.1 Å². The number of aromatic amines is 1. The second kappa shape index (κ2) is 19.0. The van der Waals surface area contributed by atoms with Crippen LogP contribution < -0.4 is 11.1 Å². The number of phenolic OH excluding ortho intramolecular Hbond substituents is 2. The summed E-state index contributed by atoms with van der Waals surface area (Å²) >= 11 is 12.3. The standard InChI is InChI=1S/C23H17ClN4O2.C23H14ClN3O2.C3H6/c24-19-7-3-4-8-20(19)27-28-21-17-6-2-1-5-14(17)13-18(22(21)29)23(30)26-16-11-9-15(25)10-12-16;24-17-6-2-4-8-19(17)26-27-22-20-13(11-14(12-28)23(22)29)9-10-16-15-5-1-3-7-18(15)25-21(16)20;1-3-2/h1-13,29H,25H2,(H,26,30);1-12,25,29H;3H,1H2,2H3. The maximum atomic E-state index is 12.8. The SMILES string of the molecule is C=CC.Nc1ccc(NC(=O)c2cc3ccccc3c(N=Nc3ccccc3Cl)c2O)cc1.O=Cc1cc2ccc3c4ccccc4[nH]c3c2c(N=Nc2ccccc2Cl)c1O. The van der Waals surface area contributed by atoms with Crippen molar-refractivity contribution >= 4 is 113 Å². The molecular weight excluding hydrogens is 821 g/mol. The summed E-state index contributed by atoms with van der Waals surface area (Å²) in [6.07, 6.45) is 2.36. The molecule has 13 heteroatoms. The van der Waals surface area contributed by atoms with Crippen molar-refractivity contribution < 1.29 is 19.8 Å². The number of nitrogens with zero attached hydrogens (tertiary/aromatic N) is 4. The van der Waals surface area contributed by atoms with Crippen LogP contribution >= 0.6 is 23.2 Å². The summed E-state index contributed by atoms with van der Waals surface area (Å²) in [5.74, 6) is -0.955. The normalized spacial score (nSPS) is 11.1. The van der Waals surface area contributed by atoms with Gasteiger partial charge in [0.1, 0.15) is 22.7 Å². The van der Waals surface area contributed by atoms with Gasteiger partial charge in [0.15, 0.2) is 17.8 Å². The highest BCUT2D eigenvalue weighted by Crippen LogP contribution is 2.44. The summed E-state index contributed by atoms with van der Waals surface area (Å²) in [4.78, 5) is 27.8. The van der Waals surface area contributed by atoms with Crippen LogP contribution in [0, 0.1) is 0 Å². The Labute approximate surface area is 365 Å². The largest absolute Gasteiger partial charge is 0.505 e. The maximum Gasteiger partial charge on any atom is 0.259 e. The number of nitrogens with one attached hydrogen (secondary N) is 2. The molecule has 0 saturated heterocycles. The van der Waals surface area contributed by atoms with Crippen LogP contribution in [0.1, 0.15) is 27.6 Å². The van der Waals surface area contributed by atoms with Gasteiger partial charge in [-0.15, -0.1) is 27.0 Å². The molecule has 0 aliphatic rings. The summed E-state index contributed by atoms with van der Waals surface area (Å²) in [6.45, 7) is 5.25. The van der Waals surface area contributed by atoms with E-state index >= 15 is 0 Å². The number of aromatic hydroxyl groups is 2. The number of allylic oxidation sites excluding steroid dienone is 1. The van der Waals surface area contributed by atoms with Crippen molar-refractivity contribution in [3.8, 4) is 11.5 Å². The van der Waals surface area contributed by atoms with Crippen LogP contribution in [0.3, 0.4) is 0 Å². The Morgan fingerprint density at radius 3 is 1.90 bits per heavy atom. The van der Waals surface area contributed by atoms with Crippen LogP contribution in [-0.2, 0) is 0 Å². The van der Waals surface area contributed by atoms with E-state index in [1.165, 1.54) is 0 Å². The molecule has 1 heterocycles. The van der Waals surface area contributed by atoms with Gasteiger partial charge in [-0.1, -0.05) is 108 Å². The number of amides is 1. The minimum atomic E-state index is -0.475. The van der Waals surface area contributed by atoms with Crippen molar-refractivity contribution in [2.45, 2.75) is 6.92 Å². The molecule has 0 fully saturated rings. The van der Waals surface area contributed by atoms with Crippen molar-refractivity contribution in [2.24, 2.45) is 20.5 Å². The second-order valence-electron chi connectivity index (χ2n) is 13.7. The molecule has 1 aromatic heterocycles. The fourth-order valence-electron chi connectivity index (χ4n) is 6.62. The van der Waals surface area contributed by atoms with Crippen molar-refractivity contribution in [1.82, 2.24) is 4.98 Å². The molecule has 0 aliphatic carbocycles. The van der Waals surface area contributed by atoms with Crippen LogP contribution in [-0.4, -0.2) is 27.4 Å². The zero-order valence-electron chi connectivity index (χ0n) is 33.1. The lowest BCUT2D eigenvalue weighted by atomic mass is 10.0. The van der Waals surface area contributed by atoms with E-state index in [1.807, 2.05) is 61.5 Å². The predicted molar refractivity (Wildman–Crippen MR) is 252 cm³/mol. The third kappa shape index (κ3) is 8.99. The van der Waals surface area contributed by atoms with Crippen molar-refractivity contribution in [3.05, 3.63) is 179 Å². The highest BCUT2D eigenvalue weighted by molar-refractivity contribution is 6.33. The molecule has 0 aliphatic heterocycles. The number of halogens is 2. The number of nitrogens with two attached hydrogens (primary N) is 1. The molecule has 9 aromatic rings. The molecule has 0 bridgehead atoms. The van der Waals surface area contributed by atoms with Crippen LogP contribution in [0.4, 0.5) is 34.1 Å². The van der Waals surface area contributed by atoms with Crippen molar-refractivity contribution in [3.63, 3.8) is 0 Å². The first-order valence-corrected chi connectivity index (χ1v) is 19.8. The minimum absolute atomic E-state index is 0.0821. The molecule has 0 unspecified atom stereocenters. The number of H-pyrrole nitrogens is 1. The molecule has 9 rings (SSSR count). The quantitative estimate of drug-likeness (QED) is 0.0463. The van der Waals surface area contributed by atoms with Gasteiger partial charge in [0.05, 0.1) is 26.7 Å². The molecule has 306 valence electrons. The number of fused-ring (bicyclic) bond motifs is 6. The Morgan fingerprint density at radius 2 is 1.26 bits per heavy atom. The molecule has 0 spiro atoms. The Kier molecular flexibility index (Phi) is 13.0. The Morgan fingerprint density at radius 1 is 0.677 bits per heavy atom. The number of hydrogen-bond acceptors (Lipinski definition) is 9. The van der Waals surface area contributed by atoms with E-state index in [2.05, 4.69) is 37.3 Å². The van der Waals surface area contributed by atoms with Gasteiger partial charge in [0.25, 0.3) is 5.91 Å². The number of azo groups is 2. The number of phenols is 2. The lowest BCUT2D eigenvalue weighted by Crippen LogP contribution is -2.12. The molecule has 0 radical (unpaired) electrons. The van der Waals surface area contributed by atoms with Crippen LogP contribution in [0.2, 0.25) is 10.0 Å². The highest BCUT2D eigenvalue weighted by atomic mass is 35.5. The molecule has 62 heavy (non-hydrogen) atoms. The van der Waals surface area contributed by atoms with E-state index in [0.717, 1.165) is 32.6 Å². The number of rotatable bonds is 7. The first-order chi connectivity index (χ1) is 30.1. The first kappa shape index (κ1) is 42.3. The average molecular weight is 859 g/mol. The van der Waals surface area contributed by atoms with E-state index in [9.17, 15) is 19.8 Å². The Hall–Kier alpha value is -7.86.